The molecule has 0 saturated carbocycles. The Bertz CT molecular complexity index is 532. The van der Waals surface area contributed by atoms with E-state index in [4.69, 9.17) is 10.8 Å². The van der Waals surface area contributed by atoms with Gasteiger partial charge in [0.1, 0.15) is 0 Å². The lowest BCUT2D eigenvalue weighted by atomic mass is 10.1. The molecule has 3 N–H and O–H groups in total. The number of anilines is 1. The van der Waals surface area contributed by atoms with Crippen LogP contribution in [0.25, 0.3) is 6.08 Å². The number of methoxy groups -OCH3 is 1. The van der Waals surface area contributed by atoms with Gasteiger partial charge in [0, 0.05) is 14.5 Å². The van der Waals surface area contributed by atoms with Crippen molar-refractivity contribution < 1.29 is 19.4 Å². The van der Waals surface area contributed by atoms with Gasteiger partial charge in [-0.3, -0.25) is 4.79 Å². The molecule has 1 aromatic carbocycles. The highest BCUT2D eigenvalue weighted by Crippen LogP contribution is 2.30. The summed E-state index contributed by atoms with van der Waals surface area (Å²) >= 11 is 6.55. The average molecular weight is 393 g/mol. The van der Waals surface area contributed by atoms with Crippen LogP contribution in [0, 0.1) is 0 Å². The molecule has 0 spiro atoms. The molecule has 0 aliphatic rings. The fourth-order valence-corrected chi connectivity index (χ4v) is 2.59. The highest BCUT2D eigenvalue weighted by molar-refractivity contribution is 9.11. The van der Waals surface area contributed by atoms with Crippen LogP contribution in [0.3, 0.4) is 0 Å². The minimum absolute atomic E-state index is 0.0542. The van der Waals surface area contributed by atoms with Crippen LogP contribution in [0.2, 0.25) is 0 Å². The number of nitrogen functional groups attached to an aromatic ring is 1. The van der Waals surface area contributed by atoms with Crippen LogP contribution in [0.1, 0.15) is 12.0 Å². The molecule has 1 rings (SSSR count). The van der Waals surface area contributed by atoms with E-state index in [2.05, 4.69) is 36.6 Å². The van der Waals surface area contributed by atoms with E-state index in [1.54, 1.807) is 12.1 Å². The number of ether oxygens (including phenoxy) is 1. The summed E-state index contributed by atoms with van der Waals surface area (Å²) < 4.78 is 5.84. The molecule has 0 heterocycles. The fraction of sp³-hybridized carbons (Fsp3) is 0.167. The summed E-state index contributed by atoms with van der Waals surface area (Å²) in [5, 5.41) is 8.77. The van der Waals surface area contributed by atoms with Gasteiger partial charge < -0.3 is 15.6 Å². The maximum atomic E-state index is 11.5. The lowest BCUT2D eigenvalue weighted by Crippen LogP contribution is -2.09. The predicted octanol–water partition coefficient (Wildman–Crippen LogP) is 2.82. The first-order valence-electron chi connectivity index (χ1n) is 5.10. The molecule has 0 aliphatic heterocycles. The van der Waals surface area contributed by atoms with Crippen molar-refractivity contribution >= 4 is 55.6 Å². The standard InChI is InChI=1S/C12H11Br2NO4/c1-19-12(18)7(5-10(16)17)2-6-3-8(13)11(15)9(14)4-6/h2-4H,5,15H2,1H3,(H,16,17). The zero-order valence-electron chi connectivity index (χ0n) is 9.94. The first-order chi connectivity index (χ1) is 8.85. The second-order valence-corrected chi connectivity index (χ2v) is 5.34. The molecule has 0 fully saturated rings. The summed E-state index contributed by atoms with van der Waals surface area (Å²) in [6, 6.07) is 3.37. The van der Waals surface area contributed by atoms with Crippen molar-refractivity contribution in [2.75, 3.05) is 12.8 Å². The van der Waals surface area contributed by atoms with Gasteiger partial charge in [-0.15, -0.1) is 0 Å². The Balaban J connectivity index is 3.21. The molecule has 19 heavy (non-hydrogen) atoms. The van der Waals surface area contributed by atoms with Crippen LogP contribution in [0.5, 0.6) is 0 Å². The van der Waals surface area contributed by atoms with Crippen molar-refractivity contribution in [2.24, 2.45) is 0 Å². The second kappa shape index (κ2) is 6.72. The van der Waals surface area contributed by atoms with Gasteiger partial charge in [0.05, 0.1) is 19.2 Å². The molecule has 0 aliphatic carbocycles. The number of carboxylic acid groups (broad SMARTS) is 1. The molecule has 7 heteroatoms. The number of carbonyl (C=O) groups excluding carboxylic acids is 1. The van der Waals surface area contributed by atoms with Gasteiger partial charge in [-0.05, 0) is 55.6 Å². The zero-order chi connectivity index (χ0) is 14.6. The number of benzene rings is 1. The lowest BCUT2D eigenvalue weighted by molar-refractivity contribution is -0.141. The molecule has 0 atom stereocenters. The molecule has 0 amide bonds. The minimum Gasteiger partial charge on any atom is -0.481 e. The maximum Gasteiger partial charge on any atom is 0.334 e. The Morgan fingerprint density at radius 1 is 1.37 bits per heavy atom. The van der Waals surface area contributed by atoms with Crippen LogP contribution in [-0.4, -0.2) is 24.2 Å². The average Bonchev–Trinajstić information content (AvgIpc) is 2.33. The number of aliphatic carboxylic acids is 1. The molecule has 0 radical (unpaired) electrons. The number of carbonyl (C=O) groups is 2. The normalized spacial score (nSPS) is 11.2. The number of rotatable bonds is 4. The summed E-state index contributed by atoms with van der Waals surface area (Å²) in [6.45, 7) is 0. The second-order valence-electron chi connectivity index (χ2n) is 3.63. The highest BCUT2D eigenvalue weighted by Gasteiger charge is 2.14. The molecule has 0 aromatic heterocycles. The van der Waals surface area contributed by atoms with Gasteiger partial charge in [-0.25, -0.2) is 4.79 Å². The summed E-state index contributed by atoms with van der Waals surface area (Å²) in [4.78, 5) is 22.2. The summed E-state index contributed by atoms with van der Waals surface area (Å²) in [5.74, 6) is -1.78. The van der Waals surface area contributed by atoms with E-state index < -0.39 is 18.4 Å². The molecule has 1 aromatic rings. The molecule has 102 valence electrons. The first kappa shape index (κ1) is 15.7. The quantitative estimate of drug-likeness (QED) is 0.467. The molecular weight excluding hydrogens is 382 g/mol. The van der Waals surface area contributed by atoms with Gasteiger partial charge in [0.15, 0.2) is 0 Å². The Hall–Kier alpha value is -1.34. The van der Waals surface area contributed by atoms with E-state index in [0.717, 1.165) is 0 Å². The van der Waals surface area contributed by atoms with Gasteiger partial charge in [0.2, 0.25) is 0 Å². The Morgan fingerprint density at radius 2 is 1.89 bits per heavy atom. The Labute approximate surface area is 126 Å². The number of hydrogen-bond donors (Lipinski definition) is 2. The number of carboxylic acids is 1. The van der Waals surface area contributed by atoms with Crippen molar-refractivity contribution in [1.82, 2.24) is 0 Å². The smallest absolute Gasteiger partial charge is 0.334 e. The number of hydrogen-bond acceptors (Lipinski definition) is 4. The van der Waals surface area contributed by atoms with E-state index in [0.29, 0.717) is 20.2 Å². The molecular formula is C12H11Br2NO4. The minimum atomic E-state index is -1.11. The molecule has 0 unspecified atom stereocenters. The Morgan fingerprint density at radius 3 is 2.32 bits per heavy atom. The number of nitrogens with two attached hydrogens (primary N) is 1. The van der Waals surface area contributed by atoms with Gasteiger partial charge >= 0.3 is 11.9 Å². The topological polar surface area (TPSA) is 89.6 Å². The van der Waals surface area contributed by atoms with E-state index >= 15 is 0 Å². The van der Waals surface area contributed by atoms with Crippen LogP contribution < -0.4 is 5.73 Å². The highest BCUT2D eigenvalue weighted by atomic mass is 79.9. The van der Waals surface area contributed by atoms with E-state index in [1.165, 1.54) is 13.2 Å². The summed E-state index contributed by atoms with van der Waals surface area (Å²) in [5.41, 5.74) is 6.96. The summed E-state index contributed by atoms with van der Waals surface area (Å²) in [7, 11) is 1.20. The summed E-state index contributed by atoms with van der Waals surface area (Å²) in [6.07, 6.45) is 1.04. The van der Waals surface area contributed by atoms with E-state index in [1.807, 2.05) is 0 Å². The zero-order valence-corrected chi connectivity index (χ0v) is 13.1. The molecule has 0 saturated heterocycles. The van der Waals surface area contributed by atoms with Crippen molar-refractivity contribution in [3.63, 3.8) is 0 Å². The third-order valence-corrected chi connectivity index (χ3v) is 3.54. The van der Waals surface area contributed by atoms with E-state index in [9.17, 15) is 9.59 Å². The van der Waals surface area contributed by atoms with Crippen LogP contribution in [0.4, 0.5) is 5.69 Å². The largest absolute Gasteiger partial charge is 0.481 e. The SMILES string of the molecule is COC(=O)C(=Cc1cc(Br)c(N)c(Br)c1)CC(=O)O. The van der Waals surface area contributed by atoms with Crippen LogP contribution in [-0.2, 0) is 14.3 Å². The Kier molecular flexibility index (Phi) is 5.56. The first-order valence-corrected chi connectivity index (χ1v) is 6.69. The third kappa shape index (κ3) is 4.36. The third-order valence-electron chi connectivity index (χ3n) is 2.23. The van der Waals surface area contributed by atoms with Gasteiger partial charge in [0.25, 0.3) is 0 Å². The van der Waals surface area contributed by atoms with E-state index in [-0.39, 0.29) is 5.57 Å². The maximum absolute atomic E-state index is 11.5. The lowest BCUT2D eigenvalue weighted by Gasteiger charge is -2.06. The number of halogens is 2. The fourth-order valence-electron chi connectivity index (χ4n) is 1.36. The number of esters is 1. The van der Waals surface area contributed by atoms with Crippen molar-refractivity contribution in [3.05, 3.63) is 32.2 Å². The predicted molar refractivity (Wildman–Crippen MR) is 78.5 cm³/mol. The van der Waals surface area contributed by atoms with Crippen molar-refractivity contribution in [1.29, 1.82) is 0 Å². The van der Waals surface area contributed by atoms with Crippen molar-refractivity contribution in [3.8, 4) is 0 Å². The molecule has 0 bridgehead atoms. The monoisotopic (exact) mass is 391 g/mol. The van der Waals surface area contributed by atoms with Gasteiger partial charge in [-0.1, -0.05) is 0 Å². The van der Waals surface area contributed by atoms with Crippen molar-refractivity contribution in [2.45, 2.75) is 6.42 Å². The van der Waals surface area contributed by atoms with Crippen LogP contribution >= 0.6 is 31.9 Å². The van der Waals surface area contributed by atoms with Gasteiger partial charge in [-0.2, -0.15) is 0 Å². The van der Waals surface area contributed by atoms with Crippen LogP contribution in [0.15, 0.2) is 26.7 Å². The molecule has 5 nitrogen and oxygen atoms in total.